The third-order valence-corrected chi connectivity index (χ3v) is 1.60. The summed E-state index contributed by atoms with van der Waals surface area (Å²) >= 11 is 0. The Morgan fingerprint density at radius 1 is 1.31 bits per heavy atom. The molecule has 0 aliphatic carbocycles. The van der Waals surface area contributed by atoms with Gasteiger partial charge in [-0.15, -0.1) is 0 Å². The number of furan rings is 1. The van der Waals surface area contributed by atoms with Crippen molar-refractivity contribution in [2.75, 3.05) is 0 Å². The Hall–Kier alpha value is -1.77. The Balaban J connectivity index is 1.94. The van der Waals surface area contributed by atoms with Gasteiger partial charge in [-0.1, -0.05) is 6.07 Å². The summed E-state index contributed by atoms with van der Waals surface area (Å²) < 4.78 is 10.3. The minimum atomic E-state index is 0.494. The van der Waals surface area contributed by atoms with Gasteiger partial charge >= 0.3 is 0 Å². The van der Waals surface area contributed by atoms with Gasteiger partial charge < -0.3 is 9.15 Å². The first-order valence-corrected chi connectivity index (χ1v) is 4.00. The quantitative estimate of drug-likeness (QED) is 0.717. The highest BCUT2D eigenvalue weighted by molar-refractivity contribution is 5.11. The van der Waals surface area contributed by atoms with Gasteiger partial charge in [-0.25, -0.2) is 4.98 Å². The smallest absolute Gasteiger partial charge is 0.213 e. The first-order chi connectivity index (χ1) is 6.45. The predicted molar refractivity (Wildman–Crippen MR) is 47.3 cm³/mol. The Morgan fingerprint density at radius 2 is 2.31 bits per heavy atom. The Morgan fingerprint density at radius 3 is 3.00 bits per heavy atom. The van der Waals surface area contributed by atoms with Crippen molar-refractivity contribution in [3.05, 3.63) is 48.6 Å². The van der Waals surface area contributed by atoms with E-state index in [9.17, 15) is 0 Å². The van der Waals surface area contributed by atoms with E-state index in [1.54, 1.807) is 18.7 Å². The summed E-state index contributed by atoms with van der Waals surface area (Å²) in [4.78, 5) is 4.03. The third kappa shape index (κ3) is 2.08. The molecule has 66 valence electrons. The van der Waals surface area contributed by atoms with E-state index in [2.05, 4.69) is 4.98 Å². The van der Waals surface area contributed by atoms with Gasteiger partial charge in [-0.2, -0.15) is 0 Å². The van der Waals surface area contributed by atoms with E-state index in [4.69, 9.17) is 9.15 Å². The fourth-order valence-corrected chi connectivity index (χ4v) is 0.965. The fourth-order valence-electron chi connectivity index (χ4n) is 0.965. The van der Waals surface area contributed by atoms with Crippen molar-refractivity contribution in [3.63, 3.8) is 0 Å². The second-order valence-electron chi connectivity index (χ2n) is 2.59. The molecular formula is C10H9NO2. The summed E-state index contributed by atoms with van der Waals surface area (Å²) in [6.45, 7) is 0.494. The minimum Gasteiger partial charge on any atom is -0.473 e. The second kappa shape index (κ2) is 3.76. The van der Waals surface area contributed by atoms with Crippen molar-refractivity contribution in [2.24, 2.45) is 0 Å². The molecule has 0 atom stereocenters. The number of pyridine rings is 1. The Bertz CT molecular complexity index is 342. The molecule has 0 unspecified atom stereocenters. The Kier molecular flexibility index (Phi) is 2.27. The molecular weight excluding hydrogens is 166 g/mol. The van der Waals surface area contributed by atoms with Crippen molar-refractivity contribution in [2.45, 2.75) is 6.61 Å². The lowest BCUT2D eigenvalue weighted by Crippen LogP contribution is -1.94. The average molecular weight is 175 g/mol. The van der Waals surface area contributed by atoms with Gasteiger partial charge in [0.15, 0.2) is 0 Å². The lowest BCUT2D eigenvalue weighted by atomic mass is 10.4. The lowest BCUT2D eigenvalue weighted by molar-refractivity contribution is 0.292. The van der Waals surface area contributed by atoms with E-state index in [1.165, 1.54) is 0 Å². The van der Waals surface area contributed by atoms with Crippen molar-refractivity contribution >= 4 is 0 Å². The number of hydrogen-bond acceptors (Lipinski definition) is 3. The molecule has 0 bridgehead atoms. The van der Waals surface area contributed by atoms with Crippen LogP contribution in [0.1, 0.15) is 5.56 Å². The highest BCUT2D eigenvalue weighted by atomic mass is 16.5. The minimum absolute atomic E-state index is 0.494. The van der Waals surface area contributed by atoms with Gasteiger partial charge in [0.1, 0.15) is 6.61 Å². The maximum absolute atomic E-state index is 5.38. The zero-order valence-corrected chi connectivity index (χ0v) is 7.01. The van der Waals surface area contributed by atoms with Crippen LogP contribution in [0.25, 0.3) is 0 Å². The number of hydrogen-bond donors (Lipinski definition) is 0. The molecule has 0 fully saturated rings. The molecule has 13 heavy (non-hydrogen) atoms. The van der Waals surface area contributed by atoms with Gasteiger partial charge in [0.2, 0.25) is 5.88 Å². The van der Waals surface area contributed by atoms with E-state index in [1.807, 2.05) is 24.3 Å². The van der Waals surface area contributed by atoms with Gasteiger partial charge in [-0.05, 0) is 12.1 Å². The summed E-state index contributed by atoms with van der Waals surface area (Å²) in [5.74, 6) is 0.628. The first-order valence-electron chi connectivity index (χ1n) is 4.00. The lowest BCUT2D eigenvalue weighted by Gasteiger charge is -2.01. The molecule has 0 aliphatic rings. The van der Waals surface area contributed by atoms with Crippen LogP contribution in [0.2, 0.25) is 0 Å². The van der Waals surface area contributed by atoms with Crippen molar-refractivity contribution < 1.29 is 9.15 Å². The molecule has 0 spiro atoms. The molecule has 2 aromatic heterocycles. The van der Waals surface area contributed by atoms with Crippen molar-refractivity contribution in [1.82, 2.24) is 4.98 Å². The average Bonchev–Trinajstić information content (AvgIpc) is 2.69. The third-order valence-electron chi connectivity index (χ3n) is 1.60. The van der Waals surface area contributed by atoms with Crippen molar-refractivity contribution in [3.8, 4) is 5.88 Å². The number of ether oxygens (including phenoxy) is 1. The summed E-state index contributed by atoms with van der Waals surface area (Å²) in [7, 11) is 0. The molecule has 0 saturated carbocycles. The van der Waals surface area contributed by atoms with E-state index < -0.39 is 0 Å². The maximum atomic E-state index is 5.38. The maximum Gasteiger partial charge on any atom is 0.213 e. The van der Waals surface area contributed by atoms with E-state index >= 15 is 0 Å². The first kappa shape index (κ1) is 7.86. The number of aromatic nitrogens is 1. The Labute approximate surface area is 76.0 Å². The predicted octanol–water partition coefficient (Wildman–Crippen LogP) is 2.25. The molecule has 2 rings (SSSR count). The summed E-state index contributed by atoms with van der Waals surface area (Å²) in [5, 5.41) is 0. The molecule has 3 nitrogen and oxygen atoms in total. The van der Waals surface area contributed by atoms with Crippen LogP contribution in [0.5, 0.6) is 5.88 Å². The SMILES string of the molecule is c1ccc(OCc2ccoc2)nc1. The molecule has 3 heteroatoms. The number of rotatable bonds is 3. The molecule has 2 heterocycles. The highest BCUT2D eigenvalue weighted by Gasteiger charge is 1.96. The largest absolute Gasteiger partial charge is 0.473 e. The molecule has 0 amide bonds. The van der Waals surface area contributed by atoms with Gasteiger partial charge in [0.05, 0.1) is 12.5 Å². The van der Waals surface area contributed by atoms with E-state index in [-0.39, 0.29) is 0 Å². The van der Waals surface area contributed by atoms with E-state index in [0.717, 1.165) is 5.56 Å². The highest BCUT2D eigenvalue weighted by Crippen LogP contribution is 2.07. The standard InChI is InChI=1S/C10H9NO2/c1-2-5-11-10(3-1)13-8-9-4-6-12-7-9/h1-7H,8H2. The topological polar surface area (TPSA) is 35.3 Å². The fraction of sp³-hybridized carbons (Fsp3) is 0.100. The van der Waals surface area contributed by atoms with Crippen LogP contribution in [-0.2, 0) is 6.61 Å². The van der Waals surface area contributed by atoms with Gasteiger partial charge in [-0.3, -0.25) is 0 Å². The molecule has 0 N–H and O–H groups in total. The van der Waals surface area contributed by atoms with Gasteiger partial charge in [0, 0.05) is 17.8 Å². The molecule has 0 aromatic carbocycles. The van der Waals surface area contributed by atoms with Crippen LogP contribution in [0, 0.1) is 0 Å². The zero-order valence-electron chi connectivity index (χ0n) is 7.01. The normalized spacial score (nSPS) is 9.85. The van der Waals surface area contributed by atoms with Crippen LogP contribution in [0.15, 0.2) is 47.4 Å². The van der Waals surface area contributed by atoms with Crippen LogP contribution in [0.3, 0.4) is 0 Å². The summed E-state index contributed by atoms with van der Waals surface area (Å²) in [6, 6.07) is 7.42. The van der Waals surface area contributed by atoms with E-state index in [0.29, 0.717) is 12.5 Å². The summed E-state index contributed by atoms with van der Waals surface area (Å²) in [6.07, 6.45) is 4.98. The zero-order chi connectivity index (χ0) is 8.93. The summed E-state index contributed by atoms with van der Waals surface area (Å²) in [5.41, 5.74) is 1.01. The van der Waals surface area contributed by atoms with Crippen LogP contribution < -0.4 is 4.74 Å². The van der Waals surface area contributed by atoms with Crippen LogP contribution >= 0.6 is 0 Å². The van der Waals surface area contributed by atoms with Crippen molar-refractivity contribution in [1.29, 1.82) is 0 Å². The monoisotopic (exact) mass is 175 g/mol. The molecule has 0 saturated heterocycles. The van der Waals surface area contributed by atoms with Crippen LogP contribution in [0.4, 0.5) is 0 Å². The number of nitrogens with zero attached hydrogens (tertiary/aromatic N) is 1. The molecule has 2 aromatic rings. The van der Waals surface area contributed by atoms with Gasteiger partial charge in [0.25, 0.3) is 0 Å². The van der Waals surface area contributed by atoms with Crippen LogP contribution in [-0.4, -0.2) is 4.98 Å². The second-order valence-corrected chi connectivity index (χ2v) is 2.59. The molecule has 0 aliphatic heterocycles. The molecule has 0 radical (unpaired) electrons.